The normalized spacial score (nSPS) is 19.5. The van der Waals surface area contributed by atoms with E-state index in [0.717, 1.165) is 55.5 Å². The Morgan fingerprint density at radius 1 is 1.19 bits per heavy atom. The molecule has 0 radical (unpaired) electrons. The Labute approximate surface area is 195 Å². The molecular weight excluding hydrogens is 420 g/mol. The Hall–Kier alpha value is -2.18. The number of amides is 1. The number of carbonyl (C=O) groups excluding carboxylic acids is 1. The van der Waals surface area contributed by atoms with E-state index in [9.17, 15) is 14.7 Å². The van der Waals surface area contributed by atoms with E-state index in [2.05, 4.69) is 26.2 Å². The zero-order valence-electron chi connectivity index (χ0n) is 19.5. The van der Waals surface area contributed by atoms with Gasteiger partial charge in [0.05, 0.1) is 19.3 Å². The monoisotopic (exact) mass is 457 g/mol. The summed E-state index contributed by atoms with van der Waals surface area (Å²) < 4.78 is 0. The van der Waals surface area contributed by atoms with Gasteiger partial charge in [0.1, 0.15) is 4.88 Å². The summed E-state index contributed by atoms with van der Waals surface area (Å²) in [4.78, 5) is 29.0. The quantitative estimate of drug-likeness (QED) is 0.534. The third kappa shape index (κ3) is 5.99. The molecule has 1 atom stereocenters. The van der Waals surface area contributed by atoms with Crippen LogP contribution in [-0.2, 0) is 4.79 Å². The van der Waals surface area contributed by atoms with Crippen molar-refractivity contribution in [2.24, 2.45) is 17.8 Å². The van der Waals surface area contributed by atoms with Gasteiger partial charge in [-0.15, -0.1) is 11.3 Å². The highest BCUT2D eigenvalue weighted by Gasteiger charge is 2.33. The number of thiophene rings is 1. The maximum atomic E-state index is 13.8. The van der Waals surface area contributed by atoms with Crippen LogP contribution in [0.3, 0.4) is 0 Å². The first-order chi connectivity index (χ1) is 15.4. The maximum Gasteiger partial charge on any atom is 0.348 e. The molecule has 1 heterocycles. The van der Waals surface area contributed by atoms with Gasteiger partial charge >= 0.3 is 5.97 Å². The van der Waals surface area contributed by atoms with Crippen LogP contribution in [0.1, 0.15) is 62.0 Å². The predicted molar refractivity (Wildman–Crippen MR) is 131 cm³/mol. The fourth-order valence-electron chi connectivity index (χ4n) is 4.60. The van der Waals surface area contributed by atoms with Crippen LogP contribution in [0.15, 0.2) is 36.4 Å². The predicted octanol–water partition coefficient (Wildman–Crippen LogP) is 4.88. The Bertz CT molecular complexity index is 888. The molecule has 1 fully saturated rings. The molecule has 1 amide bonds. The molecule has 1 unspecified atom stereocenters. The Morgan fingerprint density at radius 3 is 2.47 bits per heavy atom. The lowest BCUT2D eigenvalue weighted by molar-refractivity contribution is -0.628. The van der Waals surface area contributed by atoms with Gasteiger partial charge < -0.3 is 15.3 Å². The molecule has 0 bridgehead atoms. The number of quaternary nitrogens is 1. The highest BCUT2D eigenvalue weighted by molar-refractivity contribution is 7.18. The summed E-state index contributed by atoms with van der Waals surface area (Å²) in [6.45, 7) is 6.00. The van der Waals surface area contributed by atoms with E-state index in [1.807, 2.05) is 41.3 Å². The van der Waals surface area contributed by atoms with Crippen molar-refractivity contribution in [3.8, 4) is 10.4 Å². The van der Waals surface area contributed by atoms with Gasteiger partial charge in [0, 0.05) is 23.8 Å². The van der Waals surface area contributed by atoms with Crippen LogP contribution in [0, 0.1) is 17.8 Å². The van der Waals surface area contributed by atoms with Crippen molar-refractivity contribution < 1.29 is 20.0 Å². The van der Waals surface area contributed by atoms with Gasteiger partial charge in [-0.25, -0.2) is 4.79 Å². The van der Waals surface area contributed by atoms with Gasteiger partial charge in [-0.2, -0.15) is 0 Å². The minimum Gasteiger partial charge on any atom is -0.477 e. The van der Waals surface area contributed by atoms with E-state index in [0.29, 0.717) is 24.1 Å². The maximum absolute atomic E-state index is 13.8. The van der Waals surface area contributed by atoms with Crippen LogP contribution in [0.25, 0.3) is 10.4 Å². The van der Waals surface area contributed by atoms with Crippen molar-refractivity contribution in [1.29, 1.82) is 0 Å². The molecule has 1 saturated carbocycles. The average molecular weight is 458 g/mol. The van der Waals surface area contributed by atoms with Crippen LogP contribution in [0.4, 0.5) is 5.69 Å². The molecule has 2 aromatic rings. The minimum absolute atomic E-state index is 0.0110. The fraction of sp³-hybridized carbons (Fsp3) is 0.538. The lowest BCUT2D eigenvalue weighted by Crippen LogP contribution is -2.79. The van der Waals surface area contributed by atoms with Crippen molar-refractivity contribution in [2.75, 3.05) is 25.0 Å². The Morgan fingerprint density at radius 2 is 1.88 bits per heavy atom. The highest BCUT2D eigenvalue weighted by atomic mass is 32.1. The van der Waals surface area contributed by atoms with Gasteiger partial charge in [0.25, 0.3) is 0 Å². The van der Waals surface area contributed by atoms with Crippen LogP contribution >= 0.6 is 11.3 Å². The summed E-state index contributed by atoms with van der Waals surface area (Å²) in [5.41, 5.74) is 1.56. The van der Waals surface area contributed by atoms with Crippen LogP contribution < -0.4 is 10.2 Å². The number of carboxylic acid groups (broad SMARTS) is 1. The van der Waals surface area contributed by atoms with E-state index in [1.54, 1.807) is 0 Å². The Kier molecular flexibility index (Phi) is 8.88. The number of anilines is 1. The fourth-order valence-corrected chi connectivity index (χ4v) is 5.60. The molecule has 174 valence electrons. The second-order valence-electron chi connectivity index (χ2n) is 9.16. The number of benzene rings is 1. The first-order valence-corrected chi connectivity index (χ1v) is 12.8. The molecular formula is C26H37N2O3S+. The van der Waals surface area contributed by atoms with Crippen LogP contribution in [-0.4, -0.2) is 37.1 Å². The van der Waals surface area contributed by atoms with Gasteiger partial charge in [0.15, 0.2) is 0 Å². The standard InChI is InChI=1S/C26H36N2O3S/c1-4-19(14-15-27-3)17-28(25(29)21-12-10-18(2)11-13-21)22-16-23(32-24(22)26(30)31)20-8-6-5-7-9-20/h5-9,16,18-19,21,27H,4,10-15,17H2,1-3H3,(H,30,31)/p+1. The molecule has 3 rings (SSSR count). The third-order valence-electron chi connectivity index (χ3n) is 6.77. The van der Waals surface area contributed by atoms with E-state index < -0.39 is 5.97 Å². The lowest BCUT2D eigenvalue weighted by Gasteiger charge is -2.33. The topological polar surface area (TPSA) is 74.2 Å². The summed E-state index contributed by atoms with van der Waals surface area (Å²) in [6.07, 6.45) is 5.91. The van der Waals surface area contributed by atoms with E-state index >= 15 is 0 Å². The van der Waals surface area contributed by atoms with E-state index in [4.69, 9.17) is 0 Å². The first kappa shape index (κ1) is 24.5. The van der Waals surface area contributed by atoms with Crippen molar-refractivity contribution in [1.82, 2.24) is 0 Å². The number of rotatable bonds is 10. The average Bonchev–Trinajstić information content (AvgIpc) is 3.25. The second kappa shape index (κ2) is 11.6. The molecule has 32 heavy (non-hydrogen) atoms. The van der Waals surface area contributed by atoms with Crippen molar-refractivity contribution in [3.05, 3.63) is 41.3 Å². The van der Waals surface area contributed by atoms with Crippen LogP contribution in [0.5, 0.6) is 0 Å². The van der Waals surface area contributed by atoms with E-state index in [1.165, 1.54) is 11.3 Å². The molecule has 1 aliphatic carbocycles. The number of nitrogens with two attached hydrogens (primary N) is 1. The zero-order chi connectivity index (χ0) is 23.1. The van der Waals surface area contributed by atoms with Crippen molar-refractivity contribution in [3.63, 3.8) is 0 Å². The van der Waals surface area contributed by atoms with Crippen molar-refractivity contribution in [2.45, 2.75) is 52.4 Å². The number of carbonyl (C=O) groups is 2. The molecule has 1 aliphatic rings. The molecule has 0 saturated heterocycles. The molecule has 0 spiro atoms. The van der Waals surface area contributed by atoms with Gasteiger partial charge in [-0.3, -0.25) is 4.79 Å². The first-order valence-electron chi connectivity index (χ1n) is 12.0. The summed E-state index contributed by atoms with van der Waals surface area (Å²) >= 11 is 1.27. The number of carboxylic acids is 1. The highest BCUT2D eigenvalue weighted by Crippen LogP contribution is 2.39. The van der Waals surface area contributed by atoms with Crippen molar-refractivity contribution >= 4 is 28.9 Å². The van der Waals surface area contributed by atoms with Crippen LogP contribution in [0.2, 0.25) is 0 Å². The zero-order valence-corrected chi connectivity index (χ0v) is 20.4. The number of hydrogen-bond acceptors (Lipinski definition) is 3. The summed E-state index contributed by atoms with van der Waals surface area (Å²) in [5, 5.41) is 12.2. The van der Waals surface area contributed by atoms with E-state index in [-0.39, 0.29) is 16.7 Å². The molecule has 5 nitrogen and oxygen atoms in total. The summed E-state index contributed by atoms with van der Waals surface area (Å²) in [5.74, 6) is 0.145. The Balaban J connectivity index is 1.98. The van der Waals surface area contributed by atoms with Gasteiger partial charge in [-0.1, -0.05) is 50.6 Å². The summed E-state index contributed by atoms with van der Waals surface area (Å²) in [7, 11) is 2.06. The molecule has 1 aromatic heterocycles. The molecule has 3 N–H and O–H groups in total. The SMILES string of the molecule is CCC(CC[NH2+]C)CN(C(=O)C1CCC(C)CC1)c1cc(-c2ccccc2)sc1C(=O)O. The molecule has 6 heteroatoms. The molecule has 0 aliphatic heterocycles. The lowest BCUT2D eigenvalue weighted by atomic mass is 9.82. The van der Waals surface area contributed by atoms with Gasteiger partial charge in [0.2, 0.25) is 5.91 Å². The summed E-state index contributed by atoms with van der Waals surface area (Å²) in [6, 6.07) is 11.8. The third-order valence-corrected chi connectivity index (χ3v) is 7.93. The largest absolute Gasteiger partial charge is 0.477 e. The number of hydrogen-bond donors (Lipinski definition) is 2. The number of aromatic carboxylic acids is 1. The van der Waals surface area contributed by atoms with Gasteiger partial charge in [-0.05, 0) is 49.1 Å². The molecule has 1 aromatic carbocycles. The smallest absolute Gasteiger partial charge is 0.348 e. The second-order valence-corrected chi connectivity index (χ2v) is 10.2. The number of nitrogens with zero attached hydrogens (tertiary/aromatic N) is 1. The minimum atomic E-state index is -0.961.